The van der Waals surface area contributed by atoms with Gasteiger partial charge in [-0.25, -0.2) is 13.2 Å². The quantitative estimate of drug-likeness (QED) is 0.850. The molecule has 2 N–H and O–H groups in total. The maximum atomic E-state index is 13.0. The van der Waals surface area contributed by atoms with Crippen LogP contribution in [0.1, 0.15) is 5.56 Å². The molecule has 0 aliphatic rings. The molecule has 0 aliphatic heterocycles. The molecular weight excluding hydrogens is 271 g/mol. The van der Waals surface area contributed by atoms with Crippen LogP contribution >= 0.6 is 0 Å². The highest BCUT2D eigenvalue weighted by molar-refractivity contribution is 5.92. The highest BCUT2D eigenvalue weighted by atomic mass is 19.2. The summed E-state index contributed by atoms with van der Waals surface area (Å²) in [5.74, 6) is -4.87. The first-order chi connectivity index (χ1) is 9.45. The van der Waals surface area contributed by atoms with Crippen LogP contribution < -0.4 is 5.32 Å². The molecule has 0 fully saturated rings. The normalized spacial score (nSPS) is 10.3. The first-order valence-electron chi connectivity index (χ1n) is 5.68. The van der Waals surface area contributed by atoms with E-state index in [-0.39, 0.29) is 17.9 Å². The van der Waals surface area contributed by atoms with E-state index in [1.54, 1.807) is 12.1 Å². The van der Waals surface area contributed by atoms with Crippen molar-refractivity contribution in [3.8, 4) is 5.75 Å². The van der Waals surface area contributed by atoms with Gasteiger partial charge in [0.1, 0.15) is 5.75 Å². The highest BCUT2D eigenvalue weighted by Crippen LogP contribution is 2.18. The second-order valence-electron chi connectivity index (χ2n) is 4.15. The van der Waals surface area contributed by atoms with Gasteiger partial charge in [-0.2, -0.15) is 0 Å². The number of nitrogens with one attached hydrogen (secondary N) is 1. The number of phenolic OH excluding ortho intramolecular Hbond substituents is 1. The molecule has 0 aliphatic carbocycles. The van der Waals surface area contributed by atoms with Gasteiger partial charge in [0.15, 0.2) is 17.5 Å². The lowest BCUT2D eigenvalue weighted by Crippen LogP contribution is -2.15. The van der Waals surface area contributed by atoms with Gasteiger partial charge in [-0.05, 0) is 17.7 Å². The number of rotatable bonds is 3. The number of aromatic hydroxyl groups is 1. The average Bonchev–Trinajstić information content (AvgIpc) is 2.35. The molecule has 0 bridgehead atoms. The highest BCUT2D eigenvalue weighted by Gasteiger charge is 2.12. The molecule has 0 saturated heterocycles. The Morgan fingerprint density at radius 2 is 1.75 bits per heavy atom. The molecule has 1 amide bonds. The van der Waals surface area contributed by atoms with Gasteiger partial charge in [-0.15, -0.1) is 0 Å². The monoisotopic (exact) mass is 281 g/mol. The third kappa shape index (κ3) is 3.28. The summed E-state index contributed by atoms with van der Waals surface area (Å²) in [6.07, 6.45) is -0.0883. The van der Waals surface area contributed by atoms with E-state index in [9.17, 15) is 23.1 Å². The zero-order chi connectivity index (χ0) is 14.7. The van der Waals surface area contributed by atoms with Crippen molar-refractivity contribution in [2.45, 2.75) is 6.42 Å². The Hall–Kier alpha value is -2.50. The molecule has 104 valence electrons. The van der Waals surface area contributed by atoms with Crippen molar-refractivity contribution in [3.63, 3.8) is 0 Å². The van der Waals surface area contributed by atoms with Gasteiger partial charge in [0.05, 0.1) is 6.42 Å². The SMILES string of the molecule is O=C(Cc1cccc(O)c1)Nc1cc(F)c(F)c(F)c1. The Morgan fingerprint density at radius 1 is 1.10 bits per heavy atom. The van der Waals surface area contributed by atoms with E-state index in [1.165, 1.54) is 12.1 Å². The van der Waals surface area contributed by atoms with E-state index in [1.807, 2.05) is 0 Å². The number of carbonyl (C=O) groups excluding carboxylic acids is 1. The molecule has 0 saturated carbocycles. The molecule has 0 unspecified atom stereocenters. The predicted molar refractivity (Wildman–Crippen MR) is 66.8 cm³/mol. The summed E-state index contributed by atoms with van der Waals surface area (Å²) in [5.41, 5.74) is 0.358. The fourth-order valence-corrected chi connectivity index (χ4v) is 1.68. The van der Waals surface area contributed by atoms with E-state index >= 15 is 0 Å². The van der Waals surface area contributed by atoms with Crippen LogP contribution in [0.4, 0.5) is 18.9 Å². The number of anilines is 1. The molecule has 6 heteroatoms. The van der Waals surface area contributed by atoms with Crippen LogP contribution in [-0.4, -0.2) is 11.0 Å². The largest absolute Gasteiger partial charge is 0.508 e. The lowest BCUT2D eigenvalue weighted by atomic mass is 10.1. The molecule has 0 spiro atoms. The van der Waals surface area contributed by atoms with Crippen LogP contribution in [-0.2, 0) is 11.2 Å². The van der Waals surface area contributed by atoms with Crippen LogP contribution in [0.25, 0.3) is 0 Å². The Kier molecular flexibility index (Phi) is 3.93. The number of hydrogen-bond donors (Lipinski definition) is 2. The number of carbonyl (C=O) groups is 1. The van der Waals surface area contributed by atoms with Crippen molar-refractivity contribution in [1.29, 1.82) is 0 Å². The summed E-state index contributed by atoms with van der Waals surface area (Å²) < 4.78 is 38.7. The lowest BCUT2D eigenvalue weighted by molar-refractivity contribution is -0.115. The summed E-state index contributed by atoms with van der Waals surface area (Å²) in [7, 11) is 0. The van der Waals surface area contributed by atoms with E-state index in [0.717, 1.165) is 0 Å². The summed E-state index contributed by atoms with van der Waals surface area (Å²) in [5, 5.41) is 11.5. The van der Waals surface area contributed by atoms with E-state index in [2.05, 4.69) is 5.32 Å². The fraction of sp³-hybridized carbons (Fsp3) is 0.0714. The Bertz CT molecular complexity index is 636. The average molecular weight is 281 g/mol. The zero-order valence-electron chi connectivity index (χ0n) is 10.2. The smallest absolute Gasteiger partial charge is 0.228 e. The lowest BCUT2D eigenvalue weighted by Gasteiger charge is -2.06. The molecular formula is C14H10F3NO2. The maximum absolute atomic E-state index is 13.0. The van der Waals surface area contributed by atoms with Gasteiger partial charge in [-0.1, -0.05) is 12.1 Å². The molecule has 2 aromatic rings. The van der Waals surface area contributed by atoms with Crippen LogP contribution in [0.15, 0.2) is 36.4 Å². The van der Waals surface area contributed by atoms with Gasteiger partial charge in [-0.3, -0.25) is 4.79 Å². The minimum absolute atomic E-state index is 0.00849. The minimum atomic E-state index is -1.59. The molecule has 0 atom stereocenters. The Balaban J connectivity index is 2.09. The molecule has 0 aromatic heterocycles. The topological polar surface area (TPSA) is 49.3 Å². The van der Waals surface area contributed by atoms with Crippen LogP contribution in [0.2, 0.25) is 0 Å². The van der Waals surface area contributed by atoms with Crippen LogP contribution in [0.3, 0.4) is 0 Å². The van der Waals surface area contributed by atoms with Gasteiger partial charge >= 0.3 is 0 Å². The predicted octanol–water partition coefficient (Wildman–Crippen LogP) is 2.99. The van der Waals surface area contributed by atoms with Crippen LogP contribution in [0, 0.1) is 17.5 Å². The van der Waals surface area contributed by atoms with Gasteiger partial charge in [0.2, 0.25) is 5.91 Å². The standard InChI is InChI=1S/C14H10F3NO2/c15-11-6-9(7-12(16)14(11)17)18-13(20)5-8-2-1-3-10(19)4-8/h1-4,6-7,19H,5H2,(H,18,20). The molecule has 20 heavy (non-hydrogen) atoms. The van der Waals surface area contributed by atoms with Gasteiger partial charge < -0.3 is 10.4 Å². The minimum Gasteiger partial charge on any atom is -0.508 e. The van der Waals surface area contributed by atoms with Crippen molar-refractivity contribution in [2.75, 3.05) is 5.32 Å². The van der Waals surface area contributed by atoms with Crippen molar-refractivity contribution in [1.82, 2.24) is 0 Å². The van der Waals surface area contributed by atoms with Crippen molar-refractivity contribution in [2.24, 2.45) is 0 Å². The molecule has 2 rings (SSSR count). The third-order valence-corrected chi connectivity index (χ3v) is 2.54. The van der Waals surface area contributed by atoms with Crippen molar-refractivity contribution in [3.05, 3.63) is 59.4 Å². The van der Waals surface area contributed by atoms with E-state index in [4.69, 9.17) is 0 Å². The summed E-state index contributed by atoms with van der Waals surface area (Å²) in [6, 6.07) is 7.41. The number of halogens is 3. The van der Waals surface area contributed by atoms with Crippen LogP contribution in [0.5, 0.6) is 5.75 Å². The van der Waals surface area contributed by atoms with E-state index in [0.29, 0.717) is 17.7 Å². The first-order valence-corrected chi connectivity index (χ1v) is 5.68. The van der Waals surface area contributed by atoms with Crippen molar-refractivity contribution < 1.29 is 23.1 Å². The summed E-state index contributed by atoms with van der Waals surface area (Å²) in [4.78, 5) is 11.7. The summed E-state index contributed by atoms with van der Waals surface area (Å²) in [6.45, 7) is 0. The second-order valence-corrected chi connectivity index (χ2v) is 4.15. The molecule has 3 nitrogen and oxygen atoms in total. The van der Waals surface area contributed by atoms with Gasteiger partial charge in [0.25, 0.3) is 0 Å². The molecule has 0 heterocycles. The van der Waals surface area contributed by atoms with Crippen molar-refractivity contribution >= 4 is 11.6 Å². The molecule has 0 radical (unpaired) electrons. The summed E-state index contributed by atoms with van der Waals surface area (Å²) >= 11 is 0. The third-order valence-electron chi connectivity index (χ3n) is 2.54. The van der Waals surface area contributed by atoms with E-state index < -0.39 is 23.4 Å². The zero-order valence-corrected chi connectivity index (χ0v) is 10.2. The second kappa shape index (κ2) is 5.64. The fourth-order valence-electron chi connectivity index (χ4n) is 1.68. The number of hydrogen-bond acceptors (Lipinski definition) is 2. The van der Waals surface area contributed by atoms with Gasteiger partial charge in [0, 0.05) is 17.8 Å². The number of phenols is 1. The maximum Gasteiger partial charge on any atom is 0.228 e. The molecule has 2 aromatic carbocycles. The number of benzene rings is 2. The first kappa shape index (κ1) is 13.9. The Labute approximate surface area is 112 Å². The Morgan fingerprint density at radius 3 is 2.35 bits per heavy atom. The number of amides is 1.